The summed E-state index contributed by atoms with van der Waals surface area (Å²) in [4.78, 5) is 41.4. The van der Waals surface area contributed by atoms with Crippen LogP contribution in [0.3, 0.4) is 0 Å². The fourth-order valence-electron chi connectivity index (χ4n) is 2.75. The van der Waals surface area contributed by atoms with Crippen LogP contribution in [0.1, 0.15) is 57.0 Å². The first-order chi connectivity index (χ1) is 14.9. The van der Waals surface area contributed by atoms with Gasteiger partial charge in [-0.2, -0.15) is 4.99 Å². The third-order valence-electron chi connectivity index (χ3n) is 4.63. The number of nitrogens with zero attached hydrogens (tertiary/aromatic N) is 2. The summed E-state index contributed by atoms with van der Waals surface area (Å²) in [5.41, 5.74) is 7.51. The van der Waals surface area contributed by atoms with Crippen molar-refractivity contribution >= 4 is 34.8 Å². The van der Waals surface area contributed by atoms with Crippen LogP contribution in [0.15, 0.2) is 34.8 Å². The number of hydrogen-bond donors (Lipinski definition) is 2. The van der Waals surface area contributed by atoms with Gasteiger partial charge < -0.3 is 15.8 Å². The standard InChI is InChI=1S/C23H32N4O4S/c1-14(2)19(24)21(30)31-13-27-9-10-32-22(27)26-20(29)16-7-8-17(15(3)11-16)25-18(28)12-23(4,5)6/h7-11,14,19H,12-13,24H2,1-6H3,(H,25,28). The molecule has 2 amide bonds. The summed E-state index contributed by atoms with van der Waals surface area (Å²) in [7, 11) is 0. The molecule has 1 unspecified atom stereocenters. The normalized spacial score (nSPS) is 13.2. The number of carbonyl (C=O) groups excluding carboxylic acids is 3. The predicted molar refractivity (Wildman–Crippen MR) is 125 cm³/mol. The molecule has 0 radical (unpaired) electrons. The van der Waals surface area contributed by atoms with Crippen LogP contribution in [-0.4, -0.2) is 28.4 Å². The minimum Gasteiger partial charge on any atom is -0.443 e. The van der Waals surface area contributed by atoms with Gasteiger partial charge in [-0.05, 0) is 42.0 Å². The second-order valence-corrected chi connectivity index (χ2v) is 10.1. The van der Waals surface area contributed by atoms with Crippen molar-refractivity contribution < 1.29 is 19.1 Å². The first-order valence-electron chi connectivity index (χ1n) is 10.4. The predicted octanol–water partition coefficient (Wildman–Crippen LogP) is 3.46. The average molecular weight is 461 g/mol. The van der Waals surface area contributed by atoms with Crippen LogP contribution in [0.2, 0.25) is 0 Å². The molecule has 9 heteroatoms. The highest BCUT2D eigenvalue weighted by molar-refractivity contribution is 7.07. The molecule has 1 heterocycles. The van der Waals surface area contributed by atoms with Gasteiger partial charge in [-0.15, -0.1) is 11.3 Å². The molecule has 0 saturated heterocycles. The maximum absolute atomic E-state index is 12.7. The van der Waals surface area contributed by atoms with Gasteiger partial charge in [0, 0.05) is 29.2 Å². The van der Waals surface area contributed by atoms with Gasteiger partial charge in [-0.3, -0.25) is 19.0 Å². The van der Waals surface area contributed by atoms with Crippen molar-refractivity contribution in [3.05, 3.63) is 45.7 Å². The van der Waals surface area contributed by atoms with Gasteiger partial charge in [0.25, 0.3) is 5.91 Å². The van der Waals surface area contributed by atoms with Crippen molar-refractivity contribution in [3.8, 4) is 0 Å². The van der Waals surface area contributed by atoms with E-state index in [1.807, 2.05) is 41.5 Å². The molecule has 0 aliphatic carbocycles. The van der Waals surface area contributed by atoms with Crippen LogP contribution in [0.5, 0.6) is 0 Å². The molecule has 1 atom stereocenters. The molecule has 0 bridgehead atoms. The molecular weight excluding hydrogens is 428 g/mol. The van der Waals surface area contributed by atoms with E-state index < -0.39 is 17.9 Å². The fourth-order valence-corrected chi connectivity index (χ4v) is 3.47. The zero-order chi connectivity index (χ0) is 24.1. The summed E-state index contributed by atoms with van der Waals surface area (Å²) in [6, 6.07) is 4.32. The van der Waals surface area contributed by atoms with E-state index >= 15 is 0 Å². The van der Waals surface area contributed by atoms with Gasteiger partial charge in [0.1, 0.15) is 6.04 Å². The lowest BCUT2D eigenvalue weighted by molar-refractivity contribution is -0.150. The number of anilines is 1. The summed E-state index contributed by atoms with van der Waals surface area (Å²) in [6.45, 7) is 11.4. The van der Waals surface area contributed by atoms with E-state index in [0.717, 1.165) is 5.56 Å². The molecule has 174 valence electrons. The van der Waals surface area contributed by atoms with E-state index in [2.05, 4.69) is 10.3 Å². The van der Waals surface area contributed by atoms with Crippen molar-refractivity contribution in [3.63, 3.8) is 0 Å². The Bertz CT molecular complexity index is 1050. The van der Waals surface area contributed by atoms with Gasteiger partial charge in [0.15, 0.2) is 11.5 Å². The molecule has 2 aromatic rings. The maximum Gasteiger partial charge on any atom is 0.324 e. The van der Waals surface area contributed by atoms with Gasteiger partial charge >= 0.3 is 5.97 Å². The Morgan fingerprint density at radius 2 is 1.94 bits per heavy atom. The summed E-state index contributed by atoms with van der Waals surface area (Å²) in [5, 5.41) is 4.64. The van der Waals surface area contributed by atoms with E-state index in [4.69, 9.17) is 10.5 Å². The van der Waals surface area contributed by atoms with Crippen molar-refractivity contribution in [2.75, 3.05) is 5.32 Å². The largest absolute Gasteiger partial charge is 0.443 e. The van der Waals surface area contributed by atoms with E-state index in [1.54, 1.807) is 34.3 Å². The van der Waals surface area contributed by atoms with Crippen molar-refractivity contribution in [1.29, 1.82) is 0 Å². The van der Waals surface area contributed by atoms with Crippen LogP contribution in [-0.2, 0) is 21.1 Å². The Labute approximate surface area is 192 Å². The summed E-state index contributed by atoms with van der Waals surface area (Å²) >= 11 is 1.26. The third kappa shape index (κ3) is 7.42. The number of aromatic nitrogens is 1. The maximum atomic E-state index is 12.7. The molecule has 0 aliphatic rings. The molecule has 0 spiro atoms. The number of nitrogens with one attached hydrogen (secondary N) is 1. The number of amides is 2. The molecule has 0 saturated carbocycles. The molecule has 0 fully saturated rings. The first-order valence-corrected chi connectivity index (χ1v) is 11.3. The van der Waals surface area contributed by atoms with Crippen LogP contribution in [0.25, 0.3) is 0 Å². The average Bonchev–Trinajstić information content (AvgIpc) is 3.12. The zero-order valence-corrected chi connectivity index (χ0v) is 20.3. The lowest BCUT2D eigenvalue weighted by atomic mass is 9.92. The lowest BCUT2D eigenvalue weighted by Gasteiger charge is -2.18. The quantitative estimate of drug-likeness (QED) is 0.614. The zero-order valence-electron chi connectivity index (χ0n) is 19.5. The summed E-state index contributed by atoms with van der Waals surface area (Å²) in [6.07, 6.45) is 2.08. The van der Waals surface area contributed by atoms with Crippen LogP contribution >= 0.6 is 11.3 Å². The Kier molecular flexibility index (Phi) is 8.51. The van der Waals surface area contributed by atoms with Crippen molar-refractivity contribution in [1.82, 2.24) is 4.57 Å². The van der Waals surface area contributed by atoms with Crippen molar-refractivity contribution in [2.45, 2.75) is 60.7 Å². The molecule has 8 nitrogen and oxygen atoms in total. The monoisotopic (exact) mass is 460 g/mol. The molecule has 2 rings (SSSR count). The van der Waals surface area contributed by atoms with Crippen molar-refractivity contribution in [2.24, 2.45) is 22.1 Å². The van der Waals surface area contributed by atoms with Gasteiger partial charge in [-0.1, -0.05) is 34.6 Å². The lowest BCUT2D eigenvalue weighted by Crippen LogP contribution is -2.37. The Morgan fingerprint density at radius 1 is 1.25 bits per heavy atom. The molecule has 3 N–H and O–H groups in total. The first kappa shape index (κ1) is 25.5. The fraction of sp³-hybridized carbons (Fsp3) is 0.478. The number of rotatable bonds is 7. The Balaban J connectivity index is 2.11. The highest BCUT2D eigenvalue weighted by Crippen LogP contribution is 2.22. The Hall–Kier alpha value is -2.78. The Morgan fingerprint density at radius 3 is 2.53 bits per heavy atom. The number of thiazole rings is 1. The second kappa shape index (κ2) is 10.7. The van der Waals surface area contributed by atoms with Crippen LogP contribution in [0, 0.1) is 18.3 Å². The summed E-state index contributed by atoms with van der Waals surface area (Å²) in [5.74, 6) is -1.04. The number of nitrogens with two attached hydrogens (primary N) is 1. The topological polar surface area (TPSA) is 116 Å². The molecule has 1 aromatic heterocycles. The second-order valence-electron chi connectivity index (χ2n) is 9.25. The van der Waals surface area contributed by atoms with Crippen LogP contribution in [0.4, 0.5) is 5.69 Å². The van der Waals surface area contributed by atoms with E-state index in [9.17, 15) is 14.4 Å². The van der Waals surface area contributed by atoms with Gasteiger partial charge in [0.2, 0.25) is 5.91 Å². The number of esters is 1. The minimum absolute atomic E-state index is 0.0369. The number of hydrogen-bond acceptors (Lipinski definition) is 6. The number of aryl methyl sites for hydroxylation is 1. The van der Waals surface area contributed by atoms with E-state index in [-0.39, 0.29) is 24.0 Å². The van der Waals surface area contributed by atoms with E-state index in [1.165, 1.54) is 11.3 Å². The molecule has 0 aliphatic heterocycles. The number of benzene rings is 1. The minimum atomic E-state index is -0.707. The highest BCUT2D eigenvalue weighted by Gasteiger charge is 2.19. The number of ether oxygens (including phenoxy) is 1. The number of carbonyl (C=O) groups is 3. The third-order valence-corrected chi connectivity index (χ3v) is 5.43. The summed E-state index contributed by atoms with van der Waals surface area (Å²) < 4.78 is 6.81. The molecule has 1 aromatic carbocycles. The van der Waals surface area contributed by atoms with Gasteiger partial charge in [0.05, 0.1) is 0 Å². The van der Waals surface area contributed by atoms with Crippen LogP contribution < -0.4 is 15.9 Å². The van der Waals surface area contributed by atoms with Gasteiger partial charge in [-0.25, -0.2) is 0 Å². The van der Waals surface area contributed by atoms with E-state index in [0.29, 0.717) is 22.5 Å². The molecule has 32 heavy (non-hydrogen) atoms. The molecular formula is C23H32N4O4S. The highest BCUT2D eigenvalue weighted by atomic mass is 32.1. The SMILES string of the molecule is Cc1cc(C(=O)N=c2sccn2COC(=O)C(N)C(C)C)ccc1NC(=O)CC(C)(C)C. The smallest absolute Gasteiger partial charge is 0.324 e.